The monoisotopic (exact) mass is 202 g/mol. The van der Waals surface area contributed by atoms with Crippen molar-refractivity contribution in [3.63, 3.8) is 0 Å². The Hall–Kier alpha value is -0.280. The summed E-state index contributed by atoms with van der Waals surface area (Å²) in [6.07, 6.45) is 3.31. The highest BCUT2D eigenvalue weighted by Gasteiger charge is 2.43. The fraction of sp³-hybridized carbons (Fsp3) is 0.429. The molecule has 1 aromatic heterocycles. The first-order valence-electron chi connectivity index (χ1n) is 3.18. The van der Waals surface area contributed by atoms with Gasteiger partial charge in [-0.25, -0.2) is 0 Å². The molecule has 0 atom stereocenters. The number of aliphatic hydroxyl groups is 1. The minimum absolute atomic E-state index is 0.560. The van der Waals surface area contributed by atoms with Crippen LogP contribution in [0.3, 0.4) is 0 Å². The van der Waals surface area contributed by atoms with Gasteiger partial charge >= 0.3 is 0 Å². The minimum atomic E-state index is -0.560. The number of halogens is 1. The molecule has 0 radical (unpaired) electrons. The van der Waals surface area contributed by atoms with Crippen LogP contribution in [0.15, 0.2) is 21.4 Å². The van der Waals surface area contributed by atoms with E-state index < -0.39 is 5.60 Å². The molecule has 1 N–H and O–H groups in total. The van der Waals surface area contributed by atoms with Crippen LogP contribution in [-0.2, 0) is 5.60 Å². The van der Waals surface area contributed by atoms with Crippen molar-refractivity contribution in [3.8, 4) is 0 Å². The molecule has 1 fully saturated rings. The molecule has 1 aromatic rings. The summed E-state index contributed by atoms with van der Waals surface area (Å²) < 4.78 is 5.67. The van der Waals surface area contributed by atoms with E-state index in [1.165, 1.54) is 0 Å². The predicted molar refractivity (Wildman–Crippen MR) is 39.5 cm³/mol. The van der Waals surface area contributed by atoms with E-state index in [1.54, 1.807) is 6.26 Å². The quantitative estimate of drug-likeness (QED) is 0.757. The largest absolute Gasteiger partial charge is 0.457 e. The Labute approximate surface area is 67.0 Å². The normalized spacial score (nSPS) is 21.0. The molecule has 2 nitrogen and oxygen atoms in total. The van der Waals surface area contributed by atoms with Crippen LogP contribution in [-0.4, -0.2) is 5.11 Å². The lowest BCUT2D eigenvalue weighted by atomic mass is 10.2. The van der Waals surface area contributed by atoms with E-state index in [1.807, 2.05) is 6.07 Å². The minimum Gasteiger partial charge on any atom is -0.457 e. The number of hydrogen-bond acceptors (Lipinski definition) is 2. The number of rotatable bonds is 1. The van der Waals surface area contributed by atoms with E-state index in [9.17, 15) is 5.11 Å². The summed E-state index contributed by atoms with van der Waals surface area (Å²) in [4.78, 5) is 0. The van der Waals surface area contributed by atoms with Crippen molar-refractivity contribution in [1.29, 1.82) is 0 Å². The molecular formula is C7H7BrO2. The van der Waals surface area contributed by atoms with Crippen molar-refractivity contribution in [2.24, 2.45) is 0 Å². The van der Waals surface area contributed by atoms with Crippen LogP contribution < -0.4 is 0 Å². The zero-order chi connectivity index (χ0) is 7.19. The van der Waals surface area contributed by atoms with Gasteiger partial charge in [0.2, 0.25) is 0 Å². The Morgan fingerprint density at radius 3 is 2.70 bits per heavy atom. The highest BCUT2D eigenvalue weighted by atomic mass is 79.9. The molecule has 0 aromatic carbocycles. The summed E-state index contributed by atoms with van der Waals surface area (Å²) >= 11 is 3.17. The first kappa shape index (κ1) is 6.43. The van der Waals surface area contributed by atoms with E-state index in [-0.39, 0.29) is 0 Å². The second-order valence-electron chi connectivity index (χ2n) is 2.67. The summed E-state index contributed by atoms with van der Waals surface area (Å²) in [5.74, 6) is 0. The average Bonchev–Trinajstić information content (AvgIpc) is 2.45. The van der Waals surface area contributed by atoms with Gasteiger partial charge in [0.1, 0.15) is 0 Å². The van der Waals surface area contributed by atoms with Gasteiger partial charge in [0, 0.05) is 5.56 Å². The Balaban J connectivity index is 2.34. The molecule has 1 heterocycles. The van der Waals surface area contributed by atoms with E-state index in [0.29, 0.717) is 4.67 Å². The molecule has 3 heteroatoms. The topological polar surface area (TPSA) is 33.4 Å². The average molecular weight is 203 g/mol. The molecule has 0 unspecified atom stereocenters. The van der Waals surface area contributed by atoms with Crippen LogP contribution in [0, 0.1) is 0 Å². The summed E-state index contributed by atoms with van der Waals surface area (Å²) in [7, 11) is 0. The fourth-order valence-electron chi connectivity index (χ4n) is 0.961. The predicted octanol–water partition coefficient (Wildman–Crippen LogP) is 2.02. The standard InChI is InChI=1S/C7H7BrO2/c8-6-3-5(4-10-6)7(9)1-2-7/h3-4,9H,1-2H2. The summed E-state index contributed by atoms with van der Waals surface area (Å²) in [5, 5.41) is 9.53. The van der Waals surface area contributed by atoms with Crippen LogP contribution in [0.1, 0.15) is 18.4 Å². The number of hydrogen-bond donors (Lipinski definition) is 1. The molecule has 0 bridgehead atoms. The second kappa shape index (κ2) is 1.86. The summed E-state index contributed by atoms with van der Waals surface area (Å²) in [6.45, 7) is 0. The molecule has 54 valence electrons. The first-order valence-corrected chi connectivity index (χ1v) is 3.97. The Kier molecular flexibility index (Phi) is 1.20. The lowest BCUT2D eigenvalue weighted by molar-refractivity contribution is 0.150. The van der Waals surface area contributed by atoms with Gasteiger partial charge in [-0.15, -0.1) is 0 Å². The molecule has 1 aliphatic rings. The fourth-order valence-corrected chi connectivity index (χ4v) is 1.30. The highest BCUT2D eigenvalue weighted by molar-refractivity contribution is 9.10. The Morgan fingerprint density at radius 2 is 2.30 bits per heavy atom. The van der Waals surface area contributed by atoms with Gasteiger partial charge in [-0.2, -0.15) is 0 Å². The van der Waals surface area contributed by atoms with Gasteiger partial charge in [0.15, 0.2) is 4.67 Å². The Morgan fingerprint density at radius 1 is 1.60 bits per heavy atom. The van der Waals surface area contributed by atoms with Gasteiger partial charge in [-0.1, -0.05) is 0 Å². The SMILES string of the molecule is OC1(c2coc(Br)c2)CC1. The second-order valence-corrected chi connectivity index (χ2v) is 3.45. The third-order valence-electron chi connectivity index (χ3n) is 1.83. The first-order chi connectivity index (χ1) is 4.71. The van der Waals surface area contributed by atoms with Crippen LogP contribution in [0.4, 0.5) is 0 Å². The van der Waals surface area contributed by atoms with E-state index in [2.05, 4.69) is 15.9 Å². The van der Waals surface area contributed by atoms with Crippen molar-refractivity contribution in [3.05, 3.63) is 22.6 Å². The highest BCUT2D eigenvalue weighted by Crippen LogP contribution is 2.46. The lowest BCUT2D eigenvalue weighted by Crippen LogP contribution is -2.00. The van der Waals surface area contributed by atoms with Crippen molar-refractivity contribution in [1.82, 2.24) is 0 Å². The molecule has 2 rings (SSSR count). The van der Waals surface area contributed by atoms with Crippen molar-refractivity contribution < 1.29 is 9.52 Å². The van der Waals surface area contributed by atoms with Gasteiger partial charge in [0.25, 0.3) is 0 Å². The number of furan rings is 1. The third-order valence-corrected chi connectivity index (χ3v) is 2.24. The molecule has 0 aliphatic heterocycles. The van der Waals surface area contributed by atoms with Gasteiger partial charge < -0.3 is 9.52 Å². The smallest absolute Gasteiger partial charge is 0.169 e. The van der Waals surface area contributed by atoms with Crippen LogP contribution >= 0.6 is 15.9 Å². The molecule has 0 amide bonds. The van der Waals surface area contributed by atoms with Crippen molar-refractivity contribution >= 4 is 15.9 Å². The van der Waals surface area contributed by atoms with E-state index in [0.717, 1.165) is 18.4 Å². The Bertz CT molecular complexity index is 250. The molecule has 0 spiro atoms. The third kappa shape index (κ3) is 0.896. The van der Waals surface area contributed by atoms with Gasteiger partial charge in [-0.3, -0.25) is 0 Å². The summed E-state index contributed by atoms with van der Waals surface area (Å²) in [5.41, 5.74) is 0.328. The maximum absolute atomic E-state index is 9.53. The molecule has 1 aliphatic carbocycles. The van der Waals surface area contributed by atoms with Crippen molar-refractivity contribution in [2.45, 2.75) is 18.4 Å². The van der Waals surface area contributed by atoms with E-state index in [4.69, 9.17) is 4.42 Å². The molecule has 0 saturated heterocycles. The van der Waals surface area contributed by atoms with Crippen LogP contribution in [0.2, 0.25) is 0 Å². The van der Waals surface area contributed by atoms with Crippen LogP contribution in [0.5, 0.6) is 0 Å². The maximum Gasteiger partial charge on any atom is 0.169 e. The zero-order valence-electron chi connectivity index (χ0n) is 5.30. The lowest BCUT2D eigenvalue weighted by Gasteiger charge is -1.99. The van der Waals surface area contributed by atoms with Gasteiger partial charge in [-0.05, 0) is 34.8 Å². The van der Waals surface area contributed by atoms with Crippen molar-refractivity contribution in [2.75, 3.05) is 0 Å². The van der Waals surface area contributed by atoms with Crippen LogP contribution in [0.25, 0.3) is 0 Å². The maximum atomic E-state index is 9.53. The zero-order valence-corrected chi connectivity index (χ0v) is 6.89. The molecule has 1 saturated carbocycles. The van der Waals surface area contributed by atoms with Gasteiger partial charge in [0.05, 0.1) is 11.9 Å². The summed E-state index contributed by atoms with van der Waals surface area (Å²) in [6, 6.07) is 1.81. The van der Waals surface area contributed by atoms with E-state index >= 15 is 0 Å². The molecule has 10 heavy (non-hydrogen) atoms. The molecular weight excluding hydrogens is 196 g/mol.